The molecular formula is C30H39N3O7P+. The van der Waals surface area contributed by atoms with Crippen molar-refractivity contribution in [2.24, 2.45) is 0 Å². The first-order valence-corrected chi connectivity index (χ1v) is 15.0. The molecule has 1 heterocycles. The van der Waals surface area contributed by atoms with Crippen LogP contribution in [0.5, 0.6) is 0 Å². The maximum Gasteiger partial charge on any atom is 0.449 e. The molecule has 10 nitrogen and oxygen atoms in total. The van der Waals surface area contributed by atoms with Crippen LogP contribution in [0.15, 0.2) is 54.6 Å². The Kier molecular flexibility index (Phi) is 11.1. The molecule has 1 N–H and O–H groups in total. The lowest BCUT2D eigenvalue weighted by Gasteiger charge is -2.25. The van der Waals surface area contributed by atoms with Crippen LogP contribution in [0.1, 0.15) is 55.0 Å². The second-order valence-corrected chi connectivity index (χ2v) is 12.3. The van der Waals surface area contributed by atoms with E-state index >= 15 is 0 Å². The summed E-state index contributed by atoms with van der Waals surface area (Å²) < 4.78 is 17.7. The molecule has 0 amide bonds. The third kappa shape index (κ3) is 8.38. The van der Waals surface area contributed by atoms with E-state index in [0.717, 1.165) is 5.56 Å². The van der Waals surface area contributed by atoms with E-state index in [1.165, 1.54) is 18.2 Å². The summed E-state index contributed by atoms with van der Waals surface area (Å²) in [5.74, 6) is -0.661. The number of carbonyl (C=O) groups is 1. The number of non-ortho nitro benzene ring substituents is 1. The smallest absolute Gasteiger partial charge is 0.449 e. The van der Waals surface area contributed by atoms with Crippen molar-refractivity contribution in [3.05, 3.63) is 87.2 Å². The van der Waals surface area contributed by atoms with Gasteiger partial charge in [0.25, 0.3) is 5.69 Å². The molecule has 2 aromatic carbocycles. The van der Waals surface area contributed by atoms with E-state index in [-0.39, 0.29) is 28.7 Å². The third-order valence-corrected chi connectivity index (χ3v) is 8.60. The number of nitro benzene ring substituents is 1. The Morgan fingerprint density at radius 2 is 1.66 bits per heavy atom. The van der Waals surface area contributed by atoms with Gasteiger partial charge in [0.2, 0.25) is 5.30 Å². The van der Waals surface area contributed by atoms with Crippen molar-refractivity contribution in [1.82, 2.24) is 9.88 Å². The summed E-state index contributed by atoms with van der Waals surface area (Å²) in [5, 5.41) is 11.8. The Morgan fingerprint density at radius 3 is 2.24 bits per heavy atom. The largest absolute Gasteiger partial charge is 0.461 e. The van der Waals surface area contributed by atoms with Crippen molar-refractivity contribution < 1.29 is 28.4 Å². The lowest BCUT2D eigenvalue weighted by atomic mass is 9.97. The van der Waals surface area contributed by atoms with E-state index < -0.39 is 31.0 Å². The van der Waals surface area contributed by atoms with Crippen LogP contribution in [-0.4, -0.2) is 58.1 Å². The normalized spacial score (nSPS) is 11.9. The first-order valence-electron chi connectivity index (χ1n) is 13.5. The summed E-state index contributed by atoms with van der Waals surface area (Å²) in [6, 6.07) is 15.8. The molecule has 41 heavy (non-hydrogen) atoms. The lowest BCUT2D eigenvalue weighted by molar-refractivity contribution is -0.384. The first kappa shape index (κ1) is 32.2. The SMILES string of the molecule is Cc1nc(C)c([P+](O)(OC(C)C)OC(C)C)c(-c2cccc([N+](=O)[O-])c2)c1C(=O)OCCN(C)Cc1ccccc1. The molecule has 3 aromatic rings. The van der Waals surface area contributed by atoms with Crippen LogP contribution in [0.2, 0.25) is 0 Å². The fourth-order valence-corrected chi connectivity index (χ4v) is 6.92. The van der Waals surface area contributed by atoms with E-state index in [9.17, 15) is 19.8 Å². The predicted octanol–water partition coefficient (Wildman–Crippen LogP) is 5.79. The van der Waals surface area contributed by atoms with E-state index in [1.54, 1.807) is 47.6 Å². The molecular weight excluding hydrogens is 545 g/mol. The summed E-state index contributed by atoms with van der Waals surface area (Å²) in [5.41, 5.74) is 2.40. The summed E-state index contributed by atoms with van der Waals surface area (Å²) >= 11 is 0. The maximum absolute atomic E-state index is 13.7. The first-order chi connectivity index (χ1) is 19.3. The van der Waals surface area contributed by atoms with Gasteiger partial charge in [0.15, 0.2) is 0 Å². The van der Waals surface area contributed by atoms with E-state index in [1.807, 2.05) is 42.3 Å². The van der Waals surface area contributed by atoms with Gasteiger partial charge in [-0.25, -0.2) is 4.79 Å². The molecule has 0 saturated heterocycles. The minimum atomic E-state index is -3.83. The quantitative estimate of drug-likeness (QED) is 0.115. The van der Waals surface area contributed by atoms with Gasteiger partial charge in [-0.3, -0.25) is 20.0 Å². The Bertz CT molecular complexity index is 1360. The maximum atomic E-state index is 13.7. The Labute approximate surface area is 242 Å². The molecule has 0 aliphatic rings. The lowest BCUT2D eigenvalue weighted by Crippen LogP contribution is -2.30. The summed E-state index contributed by atoms with van der Waals surface area (Å²) in [6.07, 6.45) is -0.859. The average Bonchev–Trinajstić information content (AvgIpc) is 2.87. The number of hydrogen-bond donors (Lipinski definition) is 1. The van der Waals surface area contributed by atoms with E-state index in [2.05, 4.69) is 4.98 Å². The van der Waals surface area contributed by atoms with E-state index in [4.69, 9.17) is 13.8 Å². The van der Waals surface area contributed by atoms with Crippen molar-refractivity contribution in [3.8, 4) is 11.1 Å². The number of pyridine rings is 1. The molecule has 0 fully saturated rings. The highest BCUT2D eigenvalue weighted by Crippen LogP contribution is 2.60. The molecule has 0 atom stereocenters. The van der Waals surface area contributed by atoms with Crippen molar-refractivity contribution in [1.29, 1.82) is 0 Å². The van der Waals surface area contributed by atoms with Gasteiger partial charge in [-0.1, -0.05) is 42.5 Å². The zero-order valence-corrected chi connectivity index (χ0v) is 25.6. The van der Waals surface area contributed by atoms with Gasteiger partial charge < -0.3 is 4.74 Å². The molecule has 0 radical (unpaired) electrons. The van der Waals surface area contributed by atoms with Crippen LogP contribution in [0.25, 0.3) is 11.1 Å². The Balaban J connectivity index is 2.09. The third-order valence-electron chi connectivity index (χ3n) is 6.07. The number of aryl methyl sites for hydroxylation is 2. The fraction of sp³-hybridized carbons (Fsp3) is 0.400. The molecule has 0 spiro atoms. The molecule has 0 unspecified atom stereocenters. The summed E-state index contributed by atoms with van der Waals surface area (Å²) in [4.78, 5) is 43.4. The van der Waals surface area contributed by atoms with Crippen LogP contribution >= 0.6 is 7.94 Å². The van der Waals surface area contributed by atoms with Gasteiger partial charge in [-0.15, -0.1) is 0 Å². The fourth-order valence-electron chi connectivity index (χ4n) is 4.53. The molecule has 3 rings (SSSR count). The molecule has 11 heteroatoms. The van der Waals surface area contributed by atoms with Crippen LogP contribution in [0.3, 0.4) is 0 Å². The van der Waals surface area contributed by atoms with Gasteiger partial charge in [-0.05, 0) is 59.7 Å². The van der Waals surface area contributed by atoms with Crippen molar-refractivity contribution in [2.75, 3.05) is 20.2 Å². The molecule has 1 aromatic heterocycles. The van der Waals surface area contributed by atoms with Crippen molar-refractivity contribution in [3.63, 3.8) is 0 Å². The molecule has 220 valence electrons. The number of esters is 1. The van der Waals surface area contributed by atoms with Crippen molar-refractivity contribution in [2.45, 2.75) is 60.3 Å². The number of ether oxygens (including phenoxy) is 1. The number of hydrogen-bond acceptors (Lipinski definition) is 9. The zero-order chi connectivity index (χ0) is 30.3. The predicted molar refractivity (Wildman–Crippen MR) is 160 cm³/mol. The summed E-state index contributed by atoms with van der Waals surface area (Å²) in [6.45, 7) is 11.7. The minimum absolute atomic E-state index is 0.0925. The molecule has 0 aliphatic carbocycles. The summed E-state index contributed by atoms with van der Waals surface area (Å²) in [7, 11) is -1.90. The van der Waals surface area contributed by atoms with Gasteiger partial charge in [-0.2, -0.15) is 13.9 Å². The second kappa shape index (κ2) is 14.1. The van der Waals surface area contributed by atoms with Crippen LogP contribution < -0.4 is 5.30 Å². The number of nitrogens with zero attached hydrogens (tertiary/aromatic N) is 3. The highest BCUT2D eigenvalue weighted by molar-refractivity contribution is 7.69. The topological polar surface area (TPSA) is 124 Å². The average molecular weight is 585 g/mol. The number of carbonyl (C=O) groups excluding carboxylic acids is 1. The molecule has 0 aliphatic heterocycles. The number of nitro groups is 1. The van der Waals surface area contributed by atoms with Crippen molar-refractivity contribution >= 4 is 24.9 Å². The highest BCUT2D eigenvalue weighted by atomic mass is 31.2. The molecule has 0 bridgehead atoms. The number of likely N-dealkylation sites (N-methyl/N-ethyl adjacent to an activating group) is 1. The number of benzene rings is 2. The van der Waals surface area contributed by atoms with Gasteiger partial charge in [0.05, 0.1) is 27.4 Å². The van der Waals surface area contributed by atoms with Crippen LogP contribution in [0.4, 0.5) is 5.69 Å². The second-order valence-electron chi connectivity index (χ2n) is 10.4. The highest BCUT2D eigenvalue weighted by Gasteiger charge is 2.52. The van der Waals surface area contributed by atoms with Crippen LogP contribution in [0, 0.1) is 24.0 Å². The number of rotatable bonds is 13. The van der Waals surface area contributed by atoms with Gasteiger partial charge in [0, 0.05) is 25.2 Å². The standard InChI is InChI=1S/C30H39N3O7P/c1-20(2)39-41(37,40-21(3)4)29-23(6)31-22(5)27(28(29)25-14-11-15-26(18-25)33(35)36)30(34)38-17-16-32(7)19-24-12-9-8-10-13-24/h8-15,18,20-21,37H,16-17,19H2,1-7H3/q+1. The Morgan fingerprint density at radius 1 is 1.02 bits per heavy atom. The van der Waals surface area contributed by atoms with Gasteiger partial charge in [0.1, 0.15) is 18.8 Å². The van der Waals surface area contributed by atoms with Gasteiger partial charge >= 0.3 is 13.9 Å². The minimum Gasteiger partial charge on any atom is -0.461 e. The zero-order valence-electron chi connectivity index (χ0n) is 24.7. The monoisotopic (exact) mass is 584 g/mol. The Hall–Kier alpha value is -3.27. The van der Waals surface area contributed by atoms with Crippen LogP contribution in [-0.2, 0) is 20.3 Å². The number of aromatic nitrogens is 1. The van der Waals surface area contributed by atoms with E-state index in [0.29, 0.717) is 30.0 Å². The molecule has 0 saturated carbocycles.